The van der Waals surface area contributed by atoms with E-state index in [2.05, 4.69) is 35.5 Å². The van der Waals surface area contributed by atoms with Crippen molar-refractivity contribution in [1.82, 2.24) is 5.32 Å². The van der Waals surface area contributed by atoms with Crippen molar-refractivity contribution < 1.29 is 51.8 Å². The molecule has 0 aromatic rings. The predicted octanol–water partition coefficient (Wildman–Crippen LogP) is 11.7. The predicted molar refractivity (Wildman–Crippen MR) is 264 cm³/mol. The number of aliphatic hydroxyl groups excluding tert-OH is 4. The third-order valence-corrected chi connectivity index (χ3v) is 13.2. The second-order valence-corrected chi connectivity index (χ2v) is 19.9. The van der Waals surface area contributed by atoms with Gasteiger partial charge in [0.05, 0.1) is 25.4 Å². The van der Waals surface area contributed by atoms with Crippen molar-refractivity contribution in [2.75, 3.05) is 13.2 Å². The minimum atomic E-state index is -5.09. The van der Waals surface area contributed by atoms with Gasteiger partial charge in [-0.1, -0.05) is 218 Å². The summed E-state index contributed by atoms with van der Waals surface area (Å²) in [7, 11) is -5.09. The minimum Gasteiger partial charge on any atom is -0.394 e. The lowest BCUT2D eigenvalue weighted by Gasteiger charge is -2.41. The smallest absolute Gasteiger partial charge is 0.394 e. The average Bonchev–Trinajstić information content (AvgIpc) is 3.28. The molecule has 1 aliphatic heterocycles. The van der Waals surface area contributed by atoms with Crippen molar-refractivity contribution in [3.05, 3.63) is 24.3 Å². The molecule has 0 aliphatic carbocycles. The van der Waals surface area contributed by atoms with Crippen molar-refractivity contribution >= 4 is 16.3 Å². The van der Waals surface area contributed by atoms with Crippen molar-refractivity contribution in [3.8, 4) is 0 Å². The Balaban J connectivity index is 2.44. The van der Waals surface area contributed by atoms with Crippen molar-refractivity contribution in [2.45, 2.75) is 288 Å². The topological polar surface area (TPSA) is 192 Å². The molecule has 0 spiro atoms. The number of nitrogens with one attached hydrogen (secondary N) is 1. The molecule has 13 heteroatoms. The number of carbonyl (C=O) groups is 1. The van der Waals surface area contributed by atoms with Gasteiger partial charge in [0.25, 0.3) is 0 Å². The van der Waals surface area contributed by atoms with Crippen LogP contribution in [0.1, 0.15) is 245 Å². The first-order valence-corrected chi connectivity index (χ1v) is 28.1. The standard InChI is InChI=1S/C52H99NO11S/c1-3-5-7-9-11-13-15-17-19-21-23-25-27-29-31-33-35-37-39-41-46(55)45(44-62-52-50(58)51(64-65(59,60)61)49(57)47(43-54)63-52)53-48(56)42-40-38-36-34-32-30-28-26-24-22-20-18-16-14-12-10-8-6-4-2/h22,24,39,41,45-47,49-52,54-55,57-58H,3-21,23,25-38,40,42-44H2,1-2H3,(H,53,56)(H,59,60,61)/b24-22-,41-39+. The molecule has 0 aromatic carbocycles. The number of hydrogen-bond acceptors (Lipinski definition) is 10. The van der Waals surface area contributed by atoms with E-state index in [4.69, 9.17) is 9.47 Å². The SMILES string of the molecule is CCCCCCCCCC/C=C\CCCCCCCCCC(=O)NC(COC1OC(CO)C(O)C(OS(=O)(=O)O)C1O)C(O)/C=C/CCCCCCCCCCCCCCCCCCC. The van der Waals surface area contributed by atoms with Crippen LogP contribution in [0.15, 0.2) is 24.3 Å². The molecular formula is C52H99NO11S. The van der Waals surface area contributed by atoms with Crippen LogP contribution >= 0.6 is 0 Å². The van der Waals surface area contributed by atoms with Crippen LogP contribution in [0.3, 0.4) is 0 Å². The van der Waals surface area contributed by atoms with Crippen LogP contribution in [0.25, 0.3) is 0 Å². The van der Waals surface area contributed by atoms with Gasteiger partial charge in [-0.15, -0.1) is 0 Å². The first kappa shape index (κ1) is 61.6. The number of amides is 1. The first-order chi connectivity index (χ1) is 31.5. The van der Waals surface area contributed by atoms with E-state index < -0.39 is 59.9 Å². The Bertz CT molecular complexity index is 1250. The minimum absolute atomic E-state index is 0.265. The molecule has 0 aromatic heterocycles. The quantitative estimate of drug-likeness (QED) is 0.0193. The number of rotatable bonds is 46. The summed E-state index contributed by atoms with van der Waals surface area (Å²) in [6.07, 6.45) is 42.1. The molecule has 1 rings (SSSR count). The van der Waals surface area contributed by atoms with Crippen LogP contribution in [-0.4, -0.2) is 95.4 Å². The Hall–Kier alpha value is -1.42. The van der Waals surface area contributed by atoms with E-state index in [0.29, 0.717) is 6.42 Å². The third-order valence-electron chi connectivity index (χ3n) is 12.7. The van der Waals surface area contributed by atoms with E-state index >= 15 is 0 Å². The number of unbranched alkanes of at least 4 members (excludes halogenated alkanes) is 32. The zero-order chi connectivity index (χ0) is 47.6. The normalized spacial score (nSPS) is 20.3. The molecule has 0 saturated carbocycles. The molecule has 7 unspecified atom stereocenters. The molecule has 0 radical (unpaired) electrons. The van der Waals surface area contributed by atoms with E-state index in [0.717, 1.165) is 44.9 Å². The highest BCUT2D eigenvalue weighted by atomic mass is 32.3. The average molecular weight is 946 g/mol. The molecule has 6 N–H and O–H groups in total. The second kappa shape index (κ2) is 42.7. The van der Waals surface area contributed by atoms with Crippen LogP contribution in [0.5, 0.6) is 0 Å². The van der Waals surface area contributed by atoms with Crippen molar-refractivity contribution in [2.24, 2.45) is 0 Å². The highest BCUT2D eigenvalue weighted by molar-refractivity contribution is 7.80. The summed E-state index contributed by atoms with van der Waals surface area (Å²) in [5, 5.41) is 44.9. The number of hydrogen-bond donors (Lipinski definition) is 6. The van der Waals surface area contributed by atoms with Gasteiger partial charge in [0, 0.05) is 6.42 Å². The second-order valence-electron chi connectivity index (χ2n) is 18.8. The van der Waals surface area contributed by atoms with E-state index in [1.807, 2.05) is 6.08 Å². The maximum absolute atomic E-state index is 13.1. The maximum Gasteiger partial charge on any atom is 0.397 e. The monoisotopic (exact) mass is 946 g/mol. The number of carbonyl (C=O) groups excluding carboxylic acids is 1. The van der Waals surface area contributed by atoms with E-state index in [1.54, 1.807) is 6.08 Å². The molecule has 1 saturated heterocycles. The van der Waals surface area contributed by atoms with Gasteiger partial charge in [0.15, 0.2) is 6.29 Å². The summed E-state index contributed by atoms with van der Waals surface area (Å²) < 4.78 is 47.7. The molecule has 384 valence electrons. The van der Waals surface area contributed by atoms with Crippen LogP contribution < -0.4 is 5.32 Å². The lowest BCUT2D eigenvalue weighted by Crippen LogP contribution is -2.61. The molecule has 7 atom stereocenters. The molecular weight excluding hydrogens is 847 g/mol. The largest absolute Gasteiger partial charge is 0.397 e. The van der Waals surface area contributed by atoms with Crippen molar-refractivity contribution in [1.29, 1.82) is 0 Å². The maximum atomic E-state index is 13.1. The fourth-order valence-corrected chi connectivity index (χ4v) is 9.08. The van der Waals surface area contributed by atoms with Gasteiger partial charge in [0.2, 0.25) is 5.91 Å². The number of aliphatic hydroxyl groups is 4. The first-order valence-electron chi connectivity index (χ1n) is 26.7. The van der Waals surface area contributed by atoms with Gasteiger partial charge < -0.3 is 35.2 Å². The molecule has 0 bridgehead atoms. The number of allylic oxidation sites excluding steroid dienone is 3. The van der Waals surface area contributed by atoms with Crippen LogP contribution in [0.2, 0.25) is 0 Å². The molecule has 65 heavy (non-hydrogen) atoms. The fraction of sp³-hybridized carbons (Fsp3) is 0.904. The third kappa shape index (κ3) is 35.4. The van der Waals surface area contributed by atoms with Crippen LogP contribution in [0, 0.1) is 0 Å². The molecule has 1 amide bonds. The van der Waals surface area contributed by atoms with E-state index in [1.165, 1.54) is 173 Å². The lowest BCUT2D eigenvalue weighted by atomic mass is 9.99. The van der Waals surface area contributed by atoms with Crippen molar-refractivity contribution in [3.63, 3.8) is 0 Å². The van der Waals surface area contributed by atoms with Gasteiger partial charge in [-0.2, -0.15) is 8.42 Å². The summed E-state index contributed by atoms with van der Waals surface area (Å²) in [6.45, 7) is 3.41. The van der Waals surface area contributed by atoms with Gasteiger partial charge in [-0.3, -0.25) is 9.35 Å². The van der Waals surface area contributed by atoms with Gasteiger partial charge in [0.1, 0.15) is 24.4 Å². The van der Waals surface area contributed by atoms with Gasteiger partial charge in [-0.05, 0) is 44.9 Å². The fourth-order valence-electron chi connectivity index (χ4n) is 8.57. The zero-order valence-corrected chi connectivity index (χ0v) is 42.1. The Labute approximate surface area is 397 Å². The number of ether oxygens (including phenoxy) is 2. The van der Waals surface area contributed by atoms with Gasteiger partial charge >= 0.3 is 10.4 Å². The Morgan fingerprint density at radius 2 is 0.985 bits per heavy atom. The van der Waals surface area contributed by atoms with Crippen LogP contribution in [0.4, 0.5) is 0 Å². The highest BCUT2D eigenvalue weighted by Gasteiger charge is 2.48. The summed E-state index contributed by atoms with van der Waals surface area (Å²) in [6, 6.07) is -0.945. The molecule has 1 aliphatic rings. The summed E-state index contributed by atoms with van der Waals surface area (Å²) in [5.74, 6) is -0.265. The summed E-state index contributed by atoms with van der Waals surface area (Å²) >= 11 is 0. The van der Waals surface area contributed by atoms with E-state index in [-0.39, 0.29) is 18.9 Å². The highest BCUT2D eigenvalue weighted by Crippen LogP contribution is 2.26. The summed E-state index contributed by atoms with van der Waals surface area (Å²) in [4.78, 5) is 13.1. The Kier molecular flexibility index (Phi) is 40.4. The molecule has 1 fully saturated rings. The Morgan fingerprint density at radius 3 is 1.38 bits per heavy atom. The Morgan fingerprint density at radius 1 is 0.600 bits per heavy atom. The lowest BCUT2D eigenvalue weighted by molar-refractivity contribution is -0.298. The summed E-state index contributed by atoms with van der Waals surface area (Å²) in [5.41, 5.74) is 0. The van der Waals surface area contributed by atoms with E-state index in [9.17, 15) is 38.2 Å². The molecule has 1 heterocycles. The van der Waals surface area contributed by atoms with Crippen LogP contribution in [-0.2, 0) is 28.9 Å². The van der Waals surface area contributed by atoms with Gasteiger partial charge in [-0.25, -0.2) is 4.18 Å². The molecule has 12 nitrogen and oxygen atoms in total. The zero-order valence-electron chi connectivity index (χ0n) is 41.3.